The first kappa shape index (κ1) is 14.3. The quantitative estimate of drug-likeness (QED) is 0.664. The predicted octanol–water partition coefficient (Wildman–Crippen LogP) is 2.92. The summed E-state index contributed by atoms with van der Waals surface area (Å²) in [7, 11) is 0. The largest absolute Gasteiger partial charge is 0.380 e. The zero-order valence-corrected chi connectivity index (χ0v) is 11.8. The summed E-state index contributed by atoms with van der Waals surface area (Å²) < 4.78 is 5.60. The zero-order chi connectivity index (χ0) is 11.8. The molecule has 1 N–H and O–H groups in total. The normalized spacial score (nSPS) is 25.5. The molecule has 0 aromatic rings. The average Bonchev–Trinajstić information content (AvgIpc) is 2.70. The van der Waals surface area contributed by atoms with Gasteiger partial charge in [-0.25, -0.2) is 0 Å². The molecule has 3 heteroatoms. The van der Waals surface area contributed by atoms with E-state index in [0.717, 1.165) is 37.0 Å². The van der Waals surface area contributed by atoms with Crippen molar-refractivity contribution < 1.29 is 4.74 Å². The first-order valence-electron chi connectivity index (χ1n) is 6.58. The lowest BCUT2D eigenvalue weighted by Crippen LogP contribution is -2.36. The maximum absolute atomic E-state index is 5.60. The summed E-state index contributed by atoms with van der Waals surface area (Å²) in [5, 5.41) is 4.45. The Labute approximate surface area is 105 Å². The van der Waals surface area contributed by atoms with Crippen molar-refractivity contribution >= 4 is 11.8 Å². The fourth-order valence-corrected chi connectivity index (χ4v) is 3.14. The van der Waals surface area contributed by atoms with Crippen LogP contribution in [0.5, 0.6) is 0 Å². The molecule has 0 spiro atoms. The minimum absolute atomic E-state index is 0.726. The van der Waals surface area contributed by atoms with E-state index in [4.69, 9.17) is 4.74 Å². The van der Waals surface area contributed by atoms with Crippen LogP contribution in [0.25, 0.3) is 0 Å². The molecule has 2 nitrogen and oxygen atoms in total. The second-order valence-corrected chi connectivity index (χ2v) is 6.14. The lowest BCUT2D eigenvalue weighted by atomic mass is 10.1. The monoisotopic (exact) mass is 245 g/mol. The maximum atomic E-state index is 5.60. The van der Waals surface area contributed by atoms with Crippen molar-refractivity contribution in [2.45, 2.75) is 50.8 Å². The highest BCUT2D eigenvalue weighted by Gasteiger charge is 2.25. The lowest BCUT2D eigenvalue weighted by Gasteiger charge is -2.19. The summed E-state index contributed by atoms with van der Waals surface area (Å²) in [5.41, 5.74) is 0. The van der Waals surface area contributed by atoms with Gasteiger partial charge in [-0.1, -0.05) is 20.3 Å². The number of thioether (sulfide) groups is 1. The third-order valence-corrected chi connectivity index (χ3v) is 4.42. The number of nitrogens with one attached hydrogen (secondary N) is 1. The fraction of sp³-hybridized carbons (Fsp3) is 1.00. The SMILES string of the molecule is CSC1CCCC1NCCOCCC(C)C. The molecule has 0 aliphatic heterocycles. The summed E-state index contributed by atoms with van der Waals surface area (Å²) >= 11 is 2.01. The molecule has 1 aliphatic rings. The number of hydrogen-bond donors (Lipinski definition) is 1. The zero-order valence-electron chi connectivity index (χ0n) is 11.0. The molecular weight excluding hydrogens is 218 g/mol. The van der Waals surface area contributed by atoms with Gasteiger partial charge >= 0.3 is 0 Å². The van der Waals surface area contributed by atoms with Crippen molar-refractivity contribution in [1.82, 2.24) is 5.32 Å². The fourth-order valence-electron chi connectivity index (χ4n) is 2.18. The van der Waals surface area contributed by atoms with Gasteiger partial charge in [0.15, 0.2) is 0 Å². The van der Waals surface area contributed by atoms with Crippen LogP contribution >= 0.6 is 11.8 Å². The van der Waals surface area contributed by atoms with Crippen LogP contribution in [0, 0.1) is 5.92 Å². The highest BCUT2D eigenvalue weighted by molar-refractivity contribution is 7.99. The highest BCUT2D eigenvalue weighted by atomic mass is 32.2. The Morgan fingerprint density at radius 3 is 2.81 bits per heavy atom. The van der Waals surface area contributed by atoms with Gasteiger partial charge in [-0.2, -0.15) is 11.8 Å². The Bertz CT molecular complexity index is 175. The van der Waals surface area contributed by atoms with Gasteiger partial charge in [0.2, 0.25) is 0 Å². The van der Waals surface area contributed by atoms with E-state index in [0.29, 0.717) is 0 Å². The summed E-state index contributed by atoms with van der Waals surface area (Å²) in [4.78, 5) is 0. The minimum atomic E-state index is 0.726. The van der Waals surface area contributed by atoms with E-state index >= 15 is 0 Å². The van der Waals surface area contributed by atoms with Gasteiger partial charge in [0.1, 0.15) is 0 Å². The van der Waals surface area contributed by atoms with Crippen molar-refractivity contribution in [2.24, 2.45) is 5.92 Å². The van der Waals surface area contributed by atoms with E-state index in [-0.39, 0.29) is 0 Å². The molecule has 0 aromatic heterocycles. The summed E-state index contributed by atoms with van der Waals surface area (Å²) in [5.74, 6) is 0.753. The van der Waals surface area contributed by atoms with Crippen molar-refractivity contribution in [3.05, 3.63) is 0 Å². The van der Waals surface area contributed by atoms with E-state index in [1.54, 1.807) is 0 Å². The highest BCUT2D eigenvalue weighted by Crippen LogP contribution is 2.28. The van der Waals surface area contributed by atoms with Crippen LogP contribution < -0.4 is 5.32 Å². The van der Waals surface area contributed by atoms with E-state index in [1.807, 2.05) is 11.8 Å². The third kappa shape index (κ3) is 5.55. The molecule has 0 amide bonds. The molecule has 1 saturated carbocycles. The van der Waals surface area contributed by atoms with Crippen LogP contribution in [0.2, 0.25) is 0 Å². The van der Waals surface area contributed by atoms with Crippen LogP contribution in [0.1, 0.15) is 39.5 Å². The number of ether oxygens (including phenoxy) is 1. The standard InChI is InChI=1S/C13H27NOS/c1-11(2)7-9-15-10-8-14-12-5-4-6-13(12)16-3/h11-14H,4-10H2,1-3H3. The lowest BCUT2D eigenvalue weighted by molar-refractivity contribution is 0.123. The van der Waals surface area contributed by atoms with Gasteiger partial charge in [0.05, 0.1) is 6.61 Å². The number of rotatable bonds is 8. The van der Waals surface area contributed by atoms with Gasteiger partial charge in [-0.15, -0.1) is 0 Å². The molecule has 1 rings (SSSR count). The van der Waals surface area contributed by atoms with Crippen LogP contribution in [0.4, 0.5) is 0 Å². The van der Waals surface area contributed by atoms with Crippen molar-refractivity contribution in [3.8, 4) is 0 Å². The molecule has 0 heterocycles. The van der Waals surface area contributed by atoms with E-state index in [2.05, 4.69) is 25.4 Å². The van der Waals surface area contributed by atoms with Gasteiger partial charge in [-0.05, 0) is 31.4 Å². The first-order chi connectivity index (χ1) is 7.74. The summed E-state index contributed by atoms with van der Waals surface area (Å²) in [6.07, 6.45) is 7.52. The van der Waals surface area contributed by atoms with Crippen LogP contribution in [-0.2, 0) is 4.74 Å². The van der Waals surface area contributed by atoms with Crippen LogP contribution in [0.15, 0.2) is 0 Å². The maximum Gasteiger partial charge on any atom is 0.0591 e. The summed E-state index contributed by atoms with van der Waals surface area (Å²) in [6.45, 7) is 7.27. The Balaban J connectivity index is 1.94. The first-order valence-corrected chi connectivity index (χ1v) is 7.86. The second-order valence-electron chi connectivity index (χ2n) is 5.06. The van der Waals surface area contributed by atoms with Crippen molar-refractivity contribution in [1.29, 1.82) is 0 Å². The van der Waals surface area contributed by atoms with Crippen LogP contribution in [-0.4, -0.2) is 37.3 Å². The molecule has 1 aliphatic carbocycles. The molecule has 96 valence electrons. The van der Waals surface area contributed by atoms with Crippen molar-refractivity contribution in [3.63, 3.8) is 0 Å². The van der Waals surface area contributed by atoms with Gasteiger partial charge in [0, 0.05) is 24.4 Å². The Kier molecular flexibility index (Phi) is 7.50. The topological polar surface area (TPSA) is 21.3 Å². The van der Waals surface area contributed by atoms with Gasteiger partial charge in [-0.3, -0.25) is 0 Å². The molecular formula is C13H27NOS. The molecule has 16 heavy (non-hydrogen) atoms. The Hall–Kier alpha value is 0.270. The smallest absolute Gasteiger partial charge is 0.0591 e. The van der Waals surface area contributed by atoms with Crippen LogP contribution in [0.3, 0.4) is 0 Å². The molecule has 2 atom stereocenters. The minimum Gasteiger partial charge on any atom is -0.380 e. The third-order valence-electron chi connectivity index (χ3n) is 3.25. The predicted molar refractivity (Wildman–Crippen MR) is 73.2 cm³/mol. The molecule has 0 bridgehead atoms. The van der Waals surface area contributed by atoms with Crippen molar-refractivity contribution in [2.75, 3.05) is 26.0 Å². The average molecular weight is 245 g/mol. The molecule has 0 aromatic carbocycles. The molecule has 2 unspecified atom stereocenters. The molecule has 0 saturated heterocycles. The van der Waals surface area contributed by atoms with Gasteiger partial charge in [0.25, 0.3) is 0 Å². The van der Waals surface area contributed by atoms with E-state index in [9.17, 15) is 0 Å². The summed E-state index contributed by atoms with van der Waals surface area (Å²) in [6, 6.07) is 0.726. The number of hydrogen-bond acceptors (Lipinski definition) is 3. The van der Waals surface area contributed by atoms with Gasteiger partial charge < -0.3 is 10.1 Å². The molecule has 0 radical (unpaired) electrons. The Morgan fingerprint density at radius 2 is 2.12 bits per heavy atom. The molecule has 1 fully saturated rings. The van der Waals surface area contributed by atoms with E-state index in [1.165, 1.54) is 25.7 Å². The Morgan fingerprint density at radius 1 is 1.31 bits per heavy atom. The second kappa shape index (κ2) is 8.37. The van der Waals surface area contributed by atoms with E-state index < -0.39 is 0 Å².